The van der Waals surface area contributed by atoms with Crippen molar-refractivity contribution in [2.45, 2.75) is 39.7 Å². The van der Waals surface area contributed by atoms with Gasteiger partial charge in [0.05, 0.1) is 12.7 Å². The highest BCUT2D eigenvalue weighted by atomic mass is 16.5. The van der Waals surface area contributed by atoms with Crippen LogP contribution in [0.5, 0.6) is 5.75 Å². The van der Waals surface area contributed by atoms with Crippen molar-refractivity contribution < 1.29 is 9.53 Å². The van der Waals surface area contributed by atoms with E-state index in [0.717, 1.165) is 5.56 Å². The zero-order valence-electron chi connectivity index (χ0n) is 15.0. The van der Waals surface area contributed by atoms with Crippen molar-refractivity contribution in [3.8, 4) is 5.75 Å². The molecule has 2 aromatic rings. The summed E-state index contributed by atoms with van der Waals surface area (Å²) in [4.78, 5) is 12.8. The van der Waals surface area contributed by atoms with E-state index in [1.807, 2.05) is 25.1 Å². The molecule has 2 atom stereocenters. The number of ether oxygens (including phenoxy) is 1. The zero-order valence-corrected chi connectivity index (χ0v) is 15.0. The summed E-state index contributed by atoms with van der Waals surface area (Å²) in [5, 5.41) is 3.21. The van der Waals surface area contributed by atoms with Gasteiger partial charge < -0.3 is 10.1 Å². The first-order valence-electron chi connectivity index (χ1n) is 8.36. The molecule has 0 unspecified atom stereocenters. The highest BCUT2D eigenvalue weighted by Gasteiger charge is 2.59. The van der Waals surface area contributed by atoms with E-state index in [1.165, 1.54) is 11.1 Å². The maximum Gasteiger partial charge on any atom is 0.255 e. The SMILES string of the molecule is COc1ccc(C)cc1C(=O)N[C@@H]1[C@@H](c2ccc(C)cc2)C1(C)C. The van der Waals surface area contributed by atoms with Gasteiger partial charge in [0, 0.05) is 12.0 Å². The van der Waals surface area contributed by atoms with Crippen LogP contribution < -0.4 is 10.1 Å². The minimum absolute atomic E-state index is 0.0575. The van der Waals surface area contributed by atoms with E-state index >= 15 is 0 Å². The molecule has 3 heteroatoms. The predicted octanol–water partition coefficient (Wildman–Crippen LogP) is 4.23. The second-order valence-electron chi connectivity index (χ2n) is 7.36. The monoisotopic (exact) mass is 323 g/mol. The van der Waals surface area contributed by atoms with Gasteiger partial charge in [-0.05, 0) is 37.0 Å². The molecule has 1 aliphatic carbocycles. The van der Waals surface area contributed by atoms with Crippen molar-refractivity contribution in [1.29, 1.82) is 0 Å². The second-order valence-corrected chi connectivity index (χ2v) is 7.36. The molecule has 0 aromatic heterocycles. The topological polar surface area (TPSA) is 38.3 Å². The average Bonchev–Trinajstić information content (AvgIpc) is 3.08. The van der Waals surface area contributed by atoms with Crippen molar-refractivity contribution in [3.05, 3.63) is 64.7 Å². The second kappa shape index (κ2) is 5.97. The Balaban J connectivity index is 1.80. The molecule has 1 fully saturated rings. The quantitative estimate of drug-likeness (QED) is 0.914. The van der Waals surface area contributed by atoms with Crippen LogP contribution in [0, 0.1) is 19.3 Å². The van der Waals surface area contributed by atoms with E-state index in [9.17, 15) is 4.79 Å². The zero-order chi connectivity index (χ0) is 17.5. The molecule has 0 heterocycles. The van der Waals surface area contributed by atoms with Gasteiger partial charge in [-0.2, -0.15) is 0 Å². The minimum Gasteiger partial charge on any atom is -0.496 e. The number of aryl methyl sites for hydroxylation is 2. The number of hydrogen-bond donors (Lipinski definition) is 1. The summed E-state index contributed by atoms with van der Waals surface area (Å²) in [5.74, 6) is 0.893. The maximum absolute atomic E-state index is 12.8. The molecule has 3 rings (SSSR count). The van der Waals surface area contributed by atoms with Gasteiger partial charge in [-0.1, -0.05) is 55.3 Å². The van der Waals surface area contributed by atoms with Crippen molar-refractivity contribution in [1.82, 2.24) is 5.32 Å². The Morgan fingerprint density at radius 2 is 1.67 bits per heavy atom. The first-order chi connectivity index (χ1) is 11.3. The van der Waals surface area contributed by atoms with Gasteiger partial charge in [0.25, 0.3) is 5.91 Å². The van der Waals surface area contributed by atoms with Crippen LogP contribution in [-0.4, -0.2) is 19.1 Å². The van der Waals surface area contributed by atoms with Crippen LogP contribution in [0.1, 0.15) is 46.8 Å². The van der Waals surface area contributed by atoms with Crippen molar-refractivity contribution in [2.75, 3.05) is 7.11 Å². The molecule has 0 bridgehead atoms. The van der Waals surface area contributed by atoms with Gasteiger partial charge in [-0.25, -0.2) is 0 Å². The minimum atomic E-state index is -0.0664. The highest BCUT2D eigenvalue weighted by molar-refractivity contribution is 5.97. The molecule has 1 amide bonds. The molecule has 0 radical (unpaired) electrons. The summed E-state index contributed by atoms with van der Waals surface area (Å²) in [7, 11) is 1.59. The van der Waals surface area contributed by atoms with Crippen LogP contribution in [0.15, 0.2) is 42.5 Å². The van der Waals surface area contributed by atoms with Crippen LogP contribution >= 0.6 is 0 Å². The Bertz CT molecular complexity index is 762. The molecule has 3 nitrogen and oxygen atoms in total. The van der Waals surface area contributed by atoms with Crippen molar-refractivity contribution in [3.63, 3.8) is 0 Å². The molecule has 0 saturated heterocycles. The lowest BCUT2D eigenvalue weighted by Gasteiger charge is -2.11. The Morgan fingerprint density at radius 3 is 2.29 bits per heavy atom. The summed E-state index contributed by atoms with van der Waals surface area (Å²) >= 11 is 0. The molecule has 24 heavy (non-hydrogen) atoms. The molecule has 0 spiro atoms. The summed E-state index contributed by atoms with van der Waals surface area (Å²) in [6.07, 6.45) is 0. The van der Waals surface area contributed by atoms with Gasteiger partial charge in [-0.15, -0.1) is 0 Å². The third kappa shape index (κ3) is 2.91. The lowest BCUT2D eigenvalue weighted by Crippen LogP contribution is -2.29. The van der Waals surface area contributed by atoms with Crippen molar-refractivity contribution in [2.24, 2.45) is 5.41 Å². The highest BCUT2D eigenvalue weighted by Crippen LogP contribution is 2.58. The molecular formula is C21H25NO2. The van der Waals surface area contributed by atoms with E-state index in [-0.39, 0.29) is 17.4 Å². The maximum atomic E-state index is 12.8. The van der Waals surface area contributed by atoms with Gasteiger partial charge in [0.2, 0.25) is 0 Å². The third-order valence-electron chi connectivity index (χ3n) is 5.15. The molecule has 1 aliphatic rings. The number of nitrogens with one attached hydrogen (secondary N) is 1. The molecule has 2 aromatic carbocycles. The van der Waals surface area contributed by atoms with Gasteiger partial charge in [0.1, 0.15) is 5.75 Å². The summed E-state index contributed by atoms with van der Waals surface area (Å²) in [6.45, 7) is 8.48. The first-order valence-corrected chi connectivity index (χ1v) is 8.36. The number of hydrogen-bond acceptors (Lipinski definition) is 2. The summed E-state index contributed by atoms with van der Waals surface area (Å²) < 4.78 is 5.34. The summed E-state index contributed by atoms with van der Waals surface area (Å²) in [6, 6.07) is 14.4. The van der Waals surface area contributed by atoms with E-state index in [2.05, 4.69) is 50.4 Å². The number of rotatable bonds is 4. The first kappa shape index (κ1) is 16.6. The smallest absolute Gasteiger partial charge is 0.255 e. The normalized spacial score (nSPS) is 21.2. The molecule has 1 N–H and O–H groups in total. The van der Waals surface area contributed by atoms with Crippen LogP contribution in [0.25, 0.3) is 0 Å². The lowest BCUT2D eigenvalue weighted by atomic mass is 10.0. The molecule has 1 saturated carbocycles. The van der Waals surface area contributed by atoms with E-state index in [1.54, 1.807) is 7.11 Å². The molecule has 0 aliphatic heterocycles. The molecule has 126 valence electrons. The fourth-order valence-corrected chi connectivity index (χ4v) is 3.52. The van der Waals surface area contributed by atoms with E-state index < -0.39 is 0 Å². The number of carbonyl (C=O) groups is 1. The van der Waals surface area contributed by atoms with Crippen LogP contribution in [0.4, 0.5) is 0 Å². The fraction of sp³-hybridized carbons (Fsp3) is 0.381. The van der Waals surface area contributed by atoms with Gasteiger partial charge >= 0.3 is 0 Å². The van der Waals surface area contributed by atoms with Crippen LogP contribution in [0.2, 0.25) is 0 Å². The Hall–Kier alpha value is -2.29. The van der Waals surface area contributed by atoms with Crippen molar-refractivity contribution >= 4 is 5.91 Å². The van der Waals surface area contributed by atoms with Crippen LogP contribution in [-0.2, 0) is 0 Å². The van der Waals surface area contributed by atoms with E-state index in [0.29, 0.717) is 17.2 Å². The average molecular weight is 323 g/mol. The number of methoxy groups -OCH3 is 1. The number of benzene rings is 2. The summed E-state index contributed by atoms with van der Waals surface area (Å²) in [5.41, 5.74) is 4.24. The van der Waals surface area contributed by atoms with Crippen LogP contribution in [0.3, 0.4) is 0 Å². The molecular weight excluding hydrogens is 298 g/mol. The lowest BCUT2D eigenvalue weighted by molar-refractivity contribution is 0.0943. The number of amides is 1. The predicted molar refractivity (Wildman–Crippen MR) is 96.7 cm³/mol. The third-order valence-corrected chi connectivity index (χ3v) is 5.15. The Morgan fingerprint density at radius 1 is 1.04 bits per heavy atom. The van der Waals surface area contributed by atoms with Gasteiger partial charge in [-0.3, -0.25) is 4.79 Å². The standard InChI is InChI=1S/C21H25NO2/c1-13-6-9-15(10-7-13)18-19(21(18,3)4)22-20(23)16-12-14(2)8-11-17(16)24-5/h6-12,18-19H,1-5H3,(H,22,23)/t18-,19-/m1/s1. The van der Waals surface area contributed by atoms with E-state index in [4.69, 9.17) is 4.74 Å². The Labute approximate surface area is 144 Å². The van der Waals surface area contributed by atoms with Gasteiger partial charge in [0.15, 0.2) is 0 Å². The number of carbonyl (C=O) groups excluding carboxylic acids is 1. The largest absolute Gasteiger partial charge is 0.496 e. The Kier molecular flexibility index (Phi) is 4.12. The fourth-order valence-electron chi connectivity index (χ4n) is 3.52.